The number of rotatable bonds is 2. The van der Waals surface area contributed by atoms with Crippen LogP contribution in [0.5, 0.6) is 0 Å². The Hall–Kier alpha value is -0.570. The van der Waals surface area contributed by atoms with E-state index in [2.05, 4.69) is 0 Å². The van der Waals surface area contributed by atoms with Crippen molar-refractivity contribution in [2.45, 2.75) is 33.8 Å². The highest BCUT2D eigenvalue weighted by Gasteiger charge is 2.39. The zero-order valence-corrected chi connectivity index (χ0v) is 8.87. The normalized spacial score (nSPS) is 19.1. The van der Waals surface area contributed by atoms with E-state index in [-0.39, 0.29) is 17.4 Å². The molecule has 0 aromatic heterocycles. The van der Waals surface area contributed by atoms with Gasteiger partial charge in [-0.1, -0.05) is 27.7 Å². The van der Waals surface area contributed by atoms with Crippen LogP contribution in [-0.4, -0.2) is 35.1 Å². The number of β-amino-alcohol motifs (C(OH)–C–C–N with tert-alkyl or cyclic N) is 1. The van der Waals surface area contributed by atoms with Crippen LogP contribution >= 0.6 is 0 Å². The molecule has 1 aliphatic heterocycles. The molecule has 3 nitrogen and oxygen atoms in total. The molecular formula is C10H19NO2. The molecule has 1 heterocycles. The lowest BCUT2D eigenvalue weighted by molar-refractivity contribution is -0.153. The maximum absolute atomic E-state index is 11.8. The van der Waals surface area contributed by atoms with Gasteiger partial charge in [0.05, 0.1) is 6.10 Å². The molecule has 13 heavy (non-hydrogen) atoms. The lowest BCUT2D eigenvalue weighted by Crippen LogP contribution is -2.57. The monoisotopic (exact) mass is 185 g/mol. The third-order valence-corrected chi connectivity index (χ3v) is 3.14. The highest BCUT2D eigenvalue weighted by atomic mass is 16.3. The molecule has 1 saturated heterocycles. The van der Waals surface area contributed by atoms with Crippen LogP contribution in [0.2, 0.25) is 0 Å². The Morgan fingerprint density at radius 2 is 1.92 bits per heavy atom. The van der Waals surface area contributed by atoms with Gasteiger partial charge in [0.15, 0.2) is 0 Å². The van der Waals surface area contributed by atoms with Crippen LogP contribution in [-0.2, 0) is 4.79 Å². The average Bonchev–Trinajstić information content (AvgIpc) is 1.97. The van der Waals surface area contributed by atoms with Crippen LogP contribution in [0.4, 0.5) is 0 Å². The molecule has 1 aliphatic rings. The van der Waals surface area contributed by atoms with Crippen molar-refractivity contribution in [1.29, 1.82) is 0 Å². The van der Waals surface area contributed by atoms with Crippen LogP contribution in [0, 0.1) is 11.3 Å². The predicted molar refractivity (Wildman–Crippen MR) is 51.2 cm³/mol. The van der Waals surface area contributed by atoms with Crippen LogP contribution in [0.3, 0.4) is 0 Å². The van der Waals surface area contributed by atoms with Crippen LogP contribution < -0.4 is 0 Å². The predicted octanol–water partition coefficient (Wildman–Crippen LogP) is 0.872. The summed E-state index contributed by atoms with van der Waals surface area (Å²) in [5.74, 6) is 0.491. The molecule has 0 bridgehead atoms. The SMILES string of the molecule is CC(C)C(C)(C)C(=O)N1CC(O)C1. The van der Waals surface area contributed by atoms with E-state index < -0.39 is 0 Å². The number of likely N-dealkylation sites (tertiary alicyclic amines) is 1. The number of hydrogen-bond acceptors (Lipinski definition) is 2. The van der Waals surface area contributed by atoms with Gasteiger partial charge in [0, 0.05) is 18.5 Å². The van der Waals surface area contributed by atoms with Gasteiger partial charge in [-0.05, 0) is 5.92 Å². The van der Waals surface area contributed by atoms with Crippen LogP contribution in [0.25, 0.3) is 0 Å². The Balaban J connectivity index is 2.57. The van der Waals surface area contributed by atoms with E-state index in [1.807, 2.05) is 27.7 Å². The van der Waals surface area contributed by atoms with Gasteiger partial charge in [-0.3, -0.25) is 4.79 Å². The smallest absolute Gasteiger partial charge is 0.228 e. The largest absolute Gasteiger partial charge is 0.389 e. The molecule has 1 N–H and O–H groups in total. The summed E-state index contributed by atoms with van der Waals surface area (Å²) in [5.41, 5.74) is -0.305. The number of hydrogen-bond donors (Lipinski definition) is 1. The van der Waals surface area contributed by atoms with Crippen molar-refractivity contribution in [3.05, 3.63) is 0 Å². The van der Waals surface area contributed by atoms with Gasteiger partial charge < -0.3 is 10.0 Å². The summed E-state index contributed by atoms with van der Waals surface area (Å²) < 4.78 is 0. The lowest BCUT2D eigenvalue weighted by atomic mass is 9.79. The average molecular weight is 185 g/mol. The van der Waals surface area contributed by atoms with E-state index in [0.29, 0.717) is 19.0 Å². The molecule has 0 aromatic rings. The van der Waals surface area contributed by atoms with E-state index in [4.69, 9.17) is 5.11 Å². The van der Waals surface area contributed by atoms with Crippen LogP contribution in [0.15, 0.2) is 0 Å². The second-order valence-corrected chi connectivity index (χ2v) is 4.74. The second-order valence-electron chi connectivity index (χ2n) is 4.74. The minimum atomic E-state index is -0.305. The molecule has 0 atom stereocenters. The number of aliphatic hydroxyl groups excluding tert-OH is 1. The molecule has 0 spiro atoms. The van der Waals surface area contributed by atoms with Gasteiger partial charge >= 0.3 is 0 Å². The first-order valence-electron chi connectivity index (χ1n) is 4.83. The van der Waals surface area contributed by atoms with Gasteiger partial charge in [0.1, 0.15) is 0 Å². The molecular weight excluding hydrogens is 166 g/mol. The first-order chi connectivity index (χ1) is 5.85. The first-order valence-corrected chi connectivity index (χ1v) is 4.83. The van der Waals surface area contributed by atoms with Crippen molar-refractivity contribution in [3.8, 4) is 0 Å². The van der Waals surface area contributed by atoms with Crippen molar-refractivity contribution in [2.75, 3.05) is 13.1 Å². The molecule has 3 heteroatoms. The highest BCUT2D eigenvalue weighted by molar-refractivity contribution is 5.83. The van der Waals surface area contributed by atoms with Gasteiger partial charge in [-0.25, -0.2) is 0 Å². The zero-order chi connectivity index (χ0) is 10.2. The van der Waals surface area contributed by atoms with Crippen molar-refractivity contribution >= 4 is 5.91 Å². The molecule has 1 fully saturated rings. The summed E-state index contributed by atoms with van der Waals surface area (Å²) >= 11 is 0. The minimum Gasteiger partial charge on any atom is -0.389 e. The topological polar surface area (TPSA) is 40.5 Å². The Bertz CT molecular complexity index is 205. The fourth-order valence-electron chi connectivity index (χ4n) is 1.28. The number of nitrogens with zero attached hydrogens (tertiary/aromatic N) is 1. The van der Waals surface area contributed by atoms with Gasteiger partial charge in [-0.2, -0.15) is 0 Å². The molecule has 0 radical (unpaired) electrons. The summed E-state index contributed by atoms with van der Waals surface area (Å²) in [6.45, 7) is 9.04. The third kappa shape index (κ3) is 1.85. The summed E-state index contributed by atoms with van der Waals surface area (Å²) in [7, 11) is 0. The summed E-state index contributed by atoms with van der Waals surface area (Å²) in [6, 6.07) is 0. The fraction of sp³-hybridized carbons (Fsp3) is 0.900. The Morgan fingerprint density at radius 3 is 2.23 bits per heavy atom. The molecule has 1 rings (SSSR count). The van der Waals surface area contributed by atoms with Crippen molar-refractivity contribution < 1.29 is 9.90 Å². The molecule has 76 valence electrons. The van der Waals surface area contributed by atoms with Crippen LogP contribution in [0.1, 0.15) is 27.7 Å². The van der Waals surface area contributed by atoms with Crippen molar-refractivity contribution in [1.82, 2.24) is 4.90 Å². The third-order valence-electron chi connectivity index (χ3n) is 3.14. The Labute approximate surface area is 79.7 Å². The molecule has 0 saturated carbocycles. The molecule has 0 aromatic carbocycles. The zero-order valence-electron chi connectivity index (χ0n) is 8.87. The van der Waals surface area contributed by atoms with E-state index in [9.17, 15) is 4.79 Å². The number of aliphatic hydroxyl groups is 1. The van der Waals surface area contributed by atoms with E-state index in [1.165, 1.54) is 0 Å². The summed E-state index contributed by atoms with van der Waals surface area (Å²) in [4.78, 5) is 13.6. The van der Waals surface area contributed by atoms with Crippen molar-refractivity contribution in [3.63, 3.8) is 0 Å². The standard InChI is InChI=1S/C10H19NO2/c1-7(2)10(3,4)9(13)11-5-8(12)6-11/h7-8,12H,5-6H2,1-4H3. The second kappa shape index (κ2) is 3.29. The van der Waals surface area contributed by atoms with E-state index >= 15 is 0 Å². The first kappa shape index (κ1) is 10.5. The lowest BCUT2D eigenvalue weighted by Gasteiger charge is -2.42. The molecule has 1 amide bonds. The molecule has 0 aliphatic carbocycles. The van der Waals surface area contributed by atoms with Crippen molar-refractivity contribution in [2.24, 2.45) is 11.3 Å². The highest BCUT2D eigenvalue weighted by Crippen LogP contribution is 2.30. The fourth-order valence-corrected chi connectivity index (χ4v) is 1.28. The van der Waals surface area contributed by atoms with E-state index in [1.54, 1.807) is 4.90 Å². The number of carbonyl (C=O) groups excluding carboxylic acids is 1. The van der Waals surface area contributed by atoms with Gasteiger partial charge in [0.2, 0.25) is 5.91 Å². The number of carbonyl (C=O) groups is 1. The summed E-state index contributed by atoms with van der Waals surface area (Å²) in [6.07, 6.45) is -0.299. The maximum Gasteiger partial charge on any atom is 0.228 e. The number of amides is 1. The maximum atomic E-state index is 11.8. The Morgan fingerprint density at radius 1 is 1.46 bits per heavy atom. The van der Waals surface area contributed by atoms with Gasteiger partial charge in [0.25, 0.3) is 0 Å². The Kier molecular flexibility index (Phi) is 2.66. The molecule has 0 unspecified atom stereocenters. The summed E-state index contributed by atoms with van der Waals surface area (Å²) in [5, 5.41) is 9.08. The minimum absolute atomic E-state index is 0.160. The quantitative estimate of drug-likeness (QED) is 0.693. The van der Waals surface area contributed by atoms with Gasteiger partial charge in [-0.15, -0.1) is 0 Å². The van der Waals surface area contributed by atoms with E-state index in [0.717, 1.165) is 0 Å².